The fraction of sp³-hybridized carbons (Fsp3) is 0.0769. The molecule has 7 heteroatoms. The first kappa shape index (κ1) is 12.1. The van der Waals surface area contributed by atoms with Crippen LogP contribution in [0.15, 0.2) is 38.3 Å². The molecule has 2 aromatic heterocycles. The minimum absolute atomic E-state index is 0.136. The number of rotatable bonds is 1. The average Bonchev–Trinajstić information content (AvgIpc) is 2.37. The zero-order chi connectivity index (χ0) is 14.4. The topological polar surface area (TPSA) is 106 Å². The molecule has 0 aliphatic rings. The van der Waals surface area contributed by atoms with E-state index in [1.54, 1.807) is 6.92 Å². The lowest BCUT2D eigenvalue weighted by Gasteiger charge is -2.03. The van der Waals surface area contributed by atoms with Crippen molar-refractivity contribution >= 4 is 27.6 Å². The van der Waals surface area contributed by atoms with E-state index >= 15 is 0 Å². The molecular formula is C13H8N2O5. The summed E-state index contributed by atoms with van der Waals surface area (Å²) in [4.78, 5) is 36.9. The van der Waals surface area contributed by atoms with E-state index in [9.17, 15) is 19.7 Å². The molecular weight excluding hydrogens is 264 g/mol. The van der Waals surface area contributed by atoms with Gasteiger partial charge in [0.15, 0.2) is 5.43 Å². The molecule has 0 fully saturated rings. The summed E-state index contributed by atoms with van der Waals surface area (Å²) in [6, 6.07) is 5.14. The maximum Gasteiger partial charge on any atom is 0.349 e. The van der Waals surface area contributed by atoms with E-state index < -0.39 is 16.0 Å². The van der Waals surface area contributed by atoms with Gasteiger partial charge in [0, 0.05) is 29.3 Å². The van der Waals surface area contributed by atoms with Crippen molar-refractivity contribution < 1.29 is 9.34 Å². The average molecular weight is 272 g/mol. The van der Waals surface area contributed by atoms with Gasteiger partial charge in [-0.15, -0.1) is 0 Å². The van der Waals surface area contributed by atoms with Gasteiger partial charge in [0.2, 0.25) is 0 Å². The molecule has 20 heavy (non-hydrogen) atoms. The Morgan fingerprint density at radius 3 is 2.70 bits per heavy atom. The number of H-pyrrole nitrogens is 1. The zero-order valence-corrected chi connectivity index (χ0v) is 10.3. The molecule has 0 radical (unpaired) electrons. The fourth-order valence-electron chi connectivity index (χ4n) is 2.16. The van der Waals surface area contributed by atoms with Gasteiger partial charge in [0.1, 0.15) is 11.0 Å². The fourth-order valence-corrected chi connectivity index (χ4v) is 2.16. The predicted octanol–water partition coefficient (Wildman–Crippen LogP) is 1.85. The van der Waals surface area contributed by atoms with Crippen LogP contribution in [0.2, 0.25) is 0 Å². The van der Waals surface area contributed by atoms with Crippen LogP contribution in [-0.2, 0) is 0 Å². The monoisotopic (exact) mass is 272 g/mol. The summed E-state index contributed by atoms with van der Waals surface area (Å²) in [5, 5.41) is 11.0. The molecule has 1 aromatic carbocycles. The van der Waals surface area contributed by atoms with Crippen LogP contribution in [0.5, 0.6) is 0 Å². The van der Waals surface area contributed by atoms with Crippen molar-refractivity contribution in [3.05, 3.63) is 60.7 Å². The zero-order valence-electron chi connectivity index (χ0n) is 10.3. The number of aryl methyl sites for hydroxylation is 1. The van der Waals surface area contributed by atoms with Crippen LogP contribution in [0.1, 0.15) is 5.69 Å². The number of aromatic amines is 1. The molecule has 0 saturated carbocycles. The Balaban J connectivity index is 2.62. The minimum Gasteiger partial charge on any atom is -0.422 e. The maximum absolute atomic E-state index is 11.9. The van der Waals surface area contributed by atoms with Gasteiger partial charge in [0.05, 0.1) is 10.4 Å². The van der Waals surface area contributed by atoms with Crippen LogP contribution in [-0.4, -0.2) is 9.91 Å². The van der Waals surface area contributed by atoms with E-state index in [4.69, 9.17) is 4.42 Å². The highest BCUT2D eigenvalue weighted by Gasteiger charge is 2.14. The Morgan fingerprint density at radius 1 is 1.25 bits per heavy atom. The molecule has 7 nitrogen and oxygen atoms in total. The summed E-state index contributed by atoms with van der Waals surface area (Å²) < 4.78 is 5.03. The first-order valence-electron chi connectivity index (χ1n) is 5.72. The van der Waals surface area contributed by atoms with Gasteiger partial charge >= 0.3 is 5.63 Å². The van der Waals surface area contributed by atoms with Crippen LogP contribution < -0.4 is 11.1 Å². The van der Waals surface area contributed by atoms with Gasteiger partial charge in [-0.1, -0.05) is 0 Å². The van der Waals surface area contributed by atoms with E-state index in [0.29, 0.717) is 11.1 Å². The lowest BCUT2D eigenvalue weighted by molar-refractivity contribution is -0.384. The van der Waals surface area contributed by atoms with Crippen molar-refractivity contribution in [3.8, 4) is 0 Å². The number of nitrogens with one attached hydrogen (secondary N) is 1. The number of aromatic nitrogens is 1. The summed E-state index contributed by atoms with van der Waals surface area (Å²) in [5.74, 6) is 0. The lowest BCUT2D eigenvalue weighted by Crippen LogP contribution is -2.13. The van der Waals surface area contributed by atoms with Gasteiger partial charge in [-0.2, -0.15) is 0 Å². The number of non-ortho nitro benzene ring substituents is 1. The molecule has 3 rings (SSSR count). The second-order valence-corrected chi connectivity index (χ2v) is 4.39. The Labute approximate surface area is 110 Å². The molecule has 0 bridgehead atoms. The first-order chi connectivity index (χ1) is 9.47. The van der Waals surface area contributed by atoms with Crippen molar-refractivity contribution in [3.63, 3.8) is 0 Å². The van der Waals surface area contributed by atoms with Crippen molar-refractivity contribution in [2.24, 2.45) is 0 Å². The number of fused-ring (bicyclic) bond motifs is 3. The van der Waals surface area contributed by atoms with Crippen LogP contribution >= 0.6 is 0 Å². The molecule has 0 aliphatic heterocycles. The largest absolute Gasteiger partial charge is 0.422 e. The van der Waals surface area contributed by atoms with Gasteiger partial charge < -0.3 is 9.40 Å². The predicted molar refractivity (Wildman–Crippen MR) is 72.0 cm³/mol. The molecule has 2 heterocycles. The summed E-state index contributed by atoms with van der Waals surface area (Å²) in [6.07, 6.45) is 0. The molecule has 0 saturated heterocycles. The number of nitrogens with zero attached hydrogens (tertiary/aromatic N) is 1. The number of nitro groups is 1. The van der Waals surface area contributed by atoms with Crippen molar-refractivity contribution in [1.82, 2.24) is 4.98 Å². The second kappa shape index (κ2) is 4.02. The van der Waals surface area contributed by atoms with E-state index in [2.05, 4.69) is 4.98 Å². The summed E-state index contributed by atoms with van der Waals surface area (Å²) in [5.41, 5.74) is -0.379. The molecule has 0 amide bonds. The summed E-state index contributed by atoms with van der Waals surface area (Å²) in [7, 11) is 0. The standard InChI is InChI=1S/C13H8N2O5/c1-6-4-9(16)11-12(14-6)8-5-7(15(18)19)2-3-10(8)20-13(11)17/h2-5H,1H3,(H,14,16). The summed E-state index contributed by atoms with van der Waals surface area (Å²) in [6.45, 7) is 1.67. The third-order valence-electron chi connectivity index (χ3n) is 3.02. The van der Waals surface area contributed by atoms with Crippen molar-refractivity contribution in [2.45, 2.75) is 6.92 Å². The Hall–Kier alpha value is -2.96. The van der Waals surface area contributed by atoms with Crippen LogP contribution in [0.4, 0.5) is 5.69 Å². The number of hydrogen-bond donors (Lipinski definition) is 1. The van der Waals surface area contributed by atoms with Gasteiger partial charge in [-0.3, -0.25) is 14.9 Å². The lowest BCUT2D eigenvalue weighted by atomic mass is 10.1. The van der Waals surface area contributed by atoms with E-state index in [-0.39, 0.29) is 22.2 Å². The minimum atomic E-state index is -0.761. The Bertz CT molecular complexity index is 984. The first-order valence-corrected chi connectivity index (χ1v) is 5.72. The number of benzene rings is 1. The SMILES string of the molecule is Cc1cc(=O)c2c(=O)oc3ccc([N+](=O)[O-])cc3c2[nH]1. The van der Waals surface area contributed by atoms with Gasteiger partial charge in [0.25, 0.3) is 5.69 Å². The summed E-state index contributed by atoms with van der Waals surface area (Å²) >= 11 is 0. The quantitative estimate of drug-likeness (QED) is 0.315. The Morgan fingerprint density at radius 2 is 2.00 bits per heavy atom. The van der Waals surface area contributed by atoms with E-state index in [1.165, 1.54) is 24.3 Å². The number of hydrogen-bond acceptors (Lipinski definition) is 5. The van der Waals surface area contributed by atoms with E-state index in [1.807, 2.05) is 0 Å². The maximum atomic E-state index is 11.9. The normalized spacial score (nSPS) is 11.1. The van der Waals surface area contributed by atoms with Crippen molar-refractivity contribution in [1.29, 1.82) is 0 Å². The highest BCUT2D eigenvalue weighted by Crippen LogP contribution is 2.24. The van der Waals surface area contributed by atoms with Crippen LogP contribution in [0.3, 0.4) is 0 Å². The number of pyridine rings is 1. The molecule has 0 unspecified atom stereocenters. The second-order valence-electron chi connectivity index (χ2n) is 4.39. The third kappa shape index (κ3) is 1.68. The molecule has 0 atom stereocenters. The highest BCUT2D eigenvalue weighted by molar-refractivity contribution is 6.02. The smallest absolute Gasteiger partial charge is 0.349 e. The van der Waals surface area contributed by atoms with Gasteiger partial charge in [-0.05, 0) is 13.0 Å². The van der Waals surface area contributed by atoms with E-state index in [0.717, 1.165) is 0 Å². The molecule has 3 aromatic rings. The number of nitro benzene ring substituents is 1. The molecule has 100 valence electrons. The van der Waals surface area contributed by atoms with Crippen molar-refractivity contribution in [2.75, 3.05) is 0 Å². The van der Waals surface area contributed by atoms with Crippen LogP contribution in [0, 0.1) is 17.0 Å². The highest BCUT2D eigenvalue weighted by atomic mass is 16.6. The molecule has 0 spiro atoms. The molecule has 0 aliphatic carbocycles. The molecule has 1 N–H and O–H groups in total. The Kier molecular flexibility index (Phi) is 2.43. The third-order valence-corrected chi connectivity index (χ3v) is 3.02. The van der Waals surface area contributed by atoms with Crippen LogP contribution in [0.25, 0.3) is 21.9 Å². The van der Waals surface area contributed by atoms with Gasteiger partial charge in [-0.25, -0.2) is 4.79 Å².